The van der Waals surface area contributed by atoms with Gasteiger partial charge in [0.05, 0.1) is 16.1 Å². The molecule has 1 atom stereocenters. The molecule has 3 nitrogen and oxygen atoms in total. The molecule has 1 aromatic carbocycles. The Morgan fingerprint density at radius 2 is 1.95 bits per heavy atom. The minimum Gasteiger partial charge on any atom is -0.491 e. The first-order valence-corrected chi connectivity index (χ1v) is 7.68. The van der Waals surface area contributed by atoms with E-state index in [0.29, 0.717) is 15.9 Å². The number of anilines is 2. The summed E-state index contributed by atoms with van der Waals surface area (Å²) in [6, 6.07) is 9.13. The van der Waals surface area contributed by atoms with Crippen molar-refractivity contribution in [2.45, 2.75) is 26.4 Å². The van der Waals surface area contributed by atoms with Crippen molar-refractivity contribution in [2.75, 3.05) is 5.32 Å². The Labute approximate surface area is 139 Å². The third kappa shape index (κ3) is 4.40. The van der Waals surface area contributed by atoms with E-state index < -0.39 is 0 Å². The second-order valence-corrected chi connectivity index (χ2v) is 5.75. The van der Waals surface area contributed by atoms with Crippen LogP contribution in [0.25, 0.3) is 0 Å². The van der Waals surface area contributed by atoms with E-state index in [1.165, 1.54) is 0 Å². The average molecular weight is 346 g/mol. The molecule has 21 heavy (non-hydrogen) atoms. The Hall–Kier alpha value is -1.16. The molecule has 0 saturated heterocycles. The van der Waals surface area contributed by atoms with Crippen LogP contribution in [0.4, 0.5) is 11.5 Å². The highest BCUT2D eigenvalue weighted by molar-refractivity contribution is 6.43. The van der Waals surface area contributed by atoms with E-state index >= 15 is 0 Å². The highest BCUT2D eigenvalue weighted by Gasteiger charge is 2.09. The number of halogens is 3. The van der Waals surface area contributed by atoms with E-state index in [0.717, 1.165) is 17.9 Å². The van der Waals surface area contributed by atoms with Crippen molar-refractivity contribution in [1.82, 2.24) is 4.98 Å². The third-order valence-corrected chi connectivity index (χ3v) is 3.86. The van der Waals surface area contributed by atoms with Gasteiger partial charge in [0, 0.05) is 11.8 Å². The van der Waals surface area contributed by atoms with Crippen molar-refractivity contribution >= 4 is 46.3 Å². The molecule has 0 fully saturated rings. The number of rotatable bonds is 5. The van der Waals surface area contributed by atoms with Gasteiger partial charge < -0.3 is 10.1 Å². The van der Waals surface area contributed by atoms with E-state index in [1.54, 1.807) is 6.07 Å². The van der Waals surface area contributed by atoms with Crippen LogP contribution in [0.1, 0.15) is 20.3 Å². The van der Waals surface area contributed by atoms with Crippen LogP contribution in [0.2, 0.25) is 15.2 Å². The molecule has 1 N–H and O–H groups in total. The Morgan fingerprint density at radius 1 is 1.19 bits per heavy atom. The minimum atomic E-state index is 0.159. The molecule has 0 amide bonds. The van der Waals surface area contributed by atoms with Crippen molar-refractivity contribution in [3.8, 4) is 5.75 Å². The number of nitrogens with zero attached hydrogens (tertiary/aromatic N) is 1. The van der Waals surface area contributed by atoms with Crippen molar-refractivity contribution < 1.29 is 4.74 Å². The smallest absolute Gasteiger partial charge is 0.151 e. The maximum absolute atomic E-state index is 6.10. The molecule has 0 aliphatic heterocycles. The fourth-order valence-electron chi connectivity index (χ4n) is 1.63. The van der Waals surface area contributed by atoms with Gasteiger partial charge in [-0.1, -0.05) is 47.8 Å². The quantitative estimate of drug-likeness (QED) is 0.679. The van der Waals surface area contributed by atoms with E-state index in [-0.39, 0.29) is 11.3 Å². The lowest BCUT2D eigenvalue weighted by atomic mass is 10.2. The first-order chi connectivity index (χ1) is 9.99. The second-order valence-electron chi connectivity index (χ2n) is 4.58. The van der Waals surface area contributed by atoms with E-state index in [1.807, 2.05) is 31.2 Å². The minimum absolute atomic E-state index is 0.159. The van der Waals surface area contributed by atoms with Crippen LogP contribution in [-0.4, -0.2) is 11.1 Å². The number of ether oxygens (including phenoxy) is 1. The molecule has 0 radical (unpaired) electrons. The van der Waals surface area contributed by atoms with E-state index in [4.69, 9.17) is 39.5 Å². The fourth-order valence-corrected chi connectivity index (χ4v) is 2.18. The number of hydrogen-bond donors (Lipinski definition) is 1. The predicted molar refractivity (Wildman–Crippen MR) is 89.4 cm³/mol. The Balaban J connectivity index is 2.20. The topological polar surface area (TPSA) is 34.1 Å². The maximum Gasteiger partial charge on any atom is 0.151 e. The third-order valence-electron chi connectivity index (χ3n) is 2.90. The summed E-state index contributed by atoms with van der Waals surface area (Å²) in [7, 11) is 0. The molecule has 0 aliphatic carbocycles. The van der Waals surface area contributed by atoms with Crippen LogP contribution < -0.4 is 10.1 Å². The van der Waals surface area contributed by atoms with Crippen molar-refractivity contribution in [1.29, 1.82) is 0 Å². The van der Waals surface area contributed by atoms with Crippen LogP contribution in [0.5, 0.6) is 5.75 Å². The van der Waals surface area contributed by atoms with Crippen LogP contribution in [0.15, 0.2) is 30.3 Å². The molecule has 0 spiro atoms. The van der Waals surface area contributed by atoms with Crippen LogP contribution in [0, 0.1) is 0 Å². The molecular weight excluding hydrogens is 331 g/mol. The molecule has 1 unspecified atom stereocenters. The van der Waals surface area contributed by atoms with Gasteiger partial charge in [0.15, 0.2) is 5.82 Å². The van der Waals surface area contributed by atoms with E-state index in [9.17, 15) is 0 Å². The number of hydrogen-bond acceptors (Lipinski definition) is 3. The second kappa shape index (κ2) is 7.21. The van der Waals surface area contributed by atoms with Crippen molar-refractivity contribution in [3.63, 3.8) is 0 Å². The lowest BCUT2D eigenvalue weighted by Gasteiger charge is -2.14. The van der Waals surface area contributed by atoms with Gasteiger partial charge in [-0.3, -0.25) is 0 Å². The normalized spacial score (nSPS) is 12.0. The molecule has 0 aliphatic rings. The molecule has 6 heteroatoms. The first-order valence-electron chi connectivity index (χ1n) is 6.55. The lowest BCUT2D eigenvalue weighted by Crippen LogP contribution is -2.09. The fraction of sp³-hybridized carbons (Fsp3) is 0.267. The summed E-state index contributed by atoms with van der Waals surface area (Å²) in [5, 5.41) is 4.03. The summed E-state index contributed by atoms with van der Waals surface area (Å²) >= 11 is 17.9. The van der Waals surface area contributed by atoms with Crippen LogP contribution >= 0.6 is 34.8 Å². The molecule has 0 bridgehead atoms. The summed E-state index contributed by atoms with van der Waals surface area (Å²) in [5.41, 5.74) is 0.809. The first kappa shape index (κ1) is 16.2. The van der Waals surface area contributed by atoms with Gasteiger partial charge in [-0.05, 0) is 31.5 Å². The number of aromatic nitrogens is 1. The van der Waals surface area contributed by atoms with Gasteiger partial charge in [-0.2, -0.15) is 0 Å². The Bertz CT molecular complexity index is 634. The standard InChI is InChI=1S/C15H15Cl3N2O/c1-3-9(2)21-11-6-4-5-10(7-11)19-15-13(17)8-12(16)14(18)20-15/h4-9H,3H2,1-2H3,(H,19,20). The predicted octanol–water partition coefficient (Wildman–Crippen LogP) is 5.96. The monoisotopic (exact) mass is 344 g/mol. The number of benzene rings is 1. The SMILES string of the molecule is CCC(C)Oc1cccc(Nc2nc(Cl)c(Cl)cc2Cl)c1. The molecule has 2 aromatic rings. The molecular formula is C15H15Cl3N2O. The van der Waals surface area contributed by atoms with Gasteiger partial charge in [-0.15, -0.1) is 0 Å². The van der Waals surface area contributed by atoms with Gasteiger partial charge in [0.2, 0.25) is 0 Å². The van der Waals surface area contributed by atoms with Crippen molar-refractivity contribution in [2.24, 2.45) is 0 Å². The zero-order chi connectivity index (χ0) is 15.4. The molecule has 1 heterocycles. The Morgan fingerprint density at radius 3 is 2.67 bits per heavy atom. The summed E-state index contributed by atoms with van der Waals surface area (Å²) in [5.74, 6) is 1.23. The highest BCUT2D eigenvalue weighted by Crippen LogP contribution is 2.31. The molecule has 1 aromatic heterocycles. The molecule has 0 saturated carbocycles. The van der Waals surface area contributed by atoms with Crippen LogP contribution in [0.3, 0.4) is 0 Å². The lowest BCUT2D eigenvalue weighted by molar-refractivity contribution is 0.217. The van der Waals surface area contributed by atoms with Gasteiger partial charge in [-0.25, -0.2) is 4.98 Å². The van der Waals surface area contributed by atoms with E-state index in [2.05, 4.69) is 17.2 Å². The summed E-state index contributed by atoms with van der Waals surface area (Å²) in [6.07, 6.45) is 1.10. The number of pyridine rings is 1. The van der Waals surface area contributed by atoms with Gasteiger partial charge in [0.25, 0.3) is 0 Å². The Kier molecular flexibility index (Phi) is 5.57. The summed E-state index contributed by atoms with van der Waals surface area (Å²) in [4.78, 5) is 4.12. The molecule has 112 valence electrons. The average Bonchev–Trinajstić information content (AvgIpc) is 2.45. The zero-order valence-corrected chi connectivity index (χ0v) is 13.9. The highest BCUT2D eigenvalue weighted by atomic mass is 35.5. The number of nitrogens with one attached hydrogen (secondary N) is 1. The summed E-state index contributed by atoms with van der Waals surface area (Å²) < 4.78 is 5.77. The zero-order valence-electron chi connectivity index (χ0n) is 11.7. The van der Waals surface area contributed by atoms with Gasteiger partial charge in [0.1, 0.15) is 10.9 Å². The van der Waals surface area contributed by atoms with Crippen molar-refractivity contribution in [3.05, 3.63) is 45.5 Å². The maximum atomic E-state index is 6.10. The van der Waals surface area contributed by atoms with Crippen LogP contribution in [-0.2, 0) is 0 Å². The summed E-state index contributed by atoms with van der Waals surface area (Å²) in [6.45, 7) is 4.10. The largest absolute Gasteiger partial charge is 0.491 e. The molecule has 2 rings (SSSR count). The van der Waals surface area contributed by atoms with Gasteiger partial charge >= 0.3 is 0 Å².